The monoisotopic (exact) mass is 395 g/mol. The van der Waals surface area contributed by atoms with E-state index in [-0.39, 0.29) is 0 Å². The molecule has 5 rings (SSSR count). The van der Waals surface area contributed by atoms with E-state index in [1.54, 1.807) is 0 Å². The average molecular weight is 396 g/mol. The second-order valence-electron chi connectivity index (χ2n) is 6.72. The van der Waals surface area contributed by atoms with Gasteiger partial charge in [-0.2, -0.15) is 5.10 Å². The predicted molar refractivity (Wildman–Crippen MR) is 103 cm³/mol. The molecule has 0 bridgehead atoms. The summed E-state index contributed by atoms with van der Waals surface area (Å²) in [4.78, 5) is 5.00. The molecule has 126 valence electrons. The standard InChI is InChI=1S/C20H18BrN3O/c21-13-10-11-15-16(12-13)23-24-17-8-4-5-9-18(17)25-20(19(15)24)22-14-6-2-1-3-7-14/h4-5,8-12,14H,1-3,6-7H2. The van der Waals surface area contributed by atoms with Crippen LogP contribution < -0.4 is 5.55 Å². The molecule has 2 aromatic heterocycles. The Balaban J connectivity index is 1.90. The van der Waals surface area contributed by atoms with Gasteiger partial charge in [-0.1, -0.05) is 47.3 Å². The van der Waals surface area contributed by atoms with Crippen molar-refractivity contribution in [3.8, 4) is 0 Å². The zero-order chi connectivity index (χ0) is 16.8. The molecule has 0 unspecified atom stereocenters. The lowest BCUT2D eigenvalue weighted by molar-refractivity contribution is 0.418. The Morgan fingerprint density at radius 2 is 1.92 bits per heavy atom. The number of rotatable bonds is 1. The number of hydrogen-bond acceptors (Lipinski definition) is 3. The molecule has 4 nitrogen and oxygen atoms in total. The molecule has 1 fully saturated rings. The summed E-state index contributed by atoms with van der Waals surface area (Å²) in [5.41, 5.74) is 4.40. The molecule has 2 aromatic carbocycles. The fraction of sp³-hybridized carbons (Fsp3) is 0.300. The van der Waals surface area contributed by atoms with Crippen LogP contribution in [0.3, 0.4) is 0 Å². The summed E-state index contributed by atoms with van der Waals surface area (Å²) in [7, 11) is 0. The SMILES string of the molecule is Brc1ccc2c(c1)nn1c3ccccc3oc(=NC3CCCCC3)c21. The Morgan fingerprint density at radius 1 is 1.08 bits per heavy atom. The highest BCUT2D eigenvalue weighted by atomic mass is 79.9. The van der Waals surface area contributed by atoms with Gasteiger partial charge in [0.15, 0.2) is 5.58 Å². The van der Waals surface area contributed by atoms with Gasteiger partial charge in [0.2, 0.25) is 5.55 Å². The van der Waals surface area contributed by atoms with Crippen LogP contribution in [-0.2, 0) is 0 Å². The van der Waals surface area contributed by atoms with Crippen LogP contribution in [0.25, 0.3) is 27.5 Å². The van der Waals surface area contributed by atoms with Gasteiger partial charge in [-0.3, -0.25) is 0 Å². The largest absolute Gasteiger partial charge is 0.435 e. The zero-order valence-electron chi connectivity index (χ0n) is 13.8. The van der Waals surface area contributed by atoms with Gasteiger partial charge in [-0.25, -0.2) is 9.51 Å². The van der Waals surface area contributed by atoms with Gasteiger partial charge in [-0.15, -0.1) is 0 Å². The number of halogens is 1. The average Bonchev–Trinajstić information content (AvgIpc) is 3.01. The van der Waals surface area contributed by atoms with E-state index >= 15 is 0 Å². The Morgan fingerprint density at radius 3 is 2.80 bits per heavy atom. The van der Waals surface area contributed by atoms with Crippen molar-refractivity contribution in [2.45, 2.75) is 38.1 Å². The van der Waals surface area contributed by atoms with Crippen molar-refractivity contribution < 1.29 is 4.42 Å². The van der Waals surface area contributed by atoms with E-state index in [0.717, 1.165) is 44.8 Å². The number of nitrogens with zero attached hydrogens (tertiary/aromatic N) is 3. The minimum atomic E-state index is 0.350. The molecule has 0 N–H and O–H groups in total. The number of hydrogen-bond donors (Lipinski definition) is 0. The molecule has 1 saturated carbocycles. The van der Waals surface area contributed by atoms with Gasteiger partial charge < -0.3 is 4.42 Å². The van der Waals surface area contributed by atoms with Crippen LogP contribution in [0.1, 0.15) is 32.1 Å². The number of fused-ring (bicyclic) bond motifs is 5. The highest BCUT2D eigenvalue weighted by molar-refractivity contribution is 9.10. The van der Waals surface area contributed by atoms with Crippen molar-refractivity contribution in [1.82, 2.24) is 9.61 Å². The molecule has 4 aromatic rings. The van der Waals surface area contributed by atoms with Crippen LogP contribution in [0.15, 0.2) is 56.3 Å². The van der Waals surface area contributed by atoms with E-state index in [0.29, 0.717) is 11.6 Å². The van der Waals surface area contributed by atoms with Crippen molar-refractivity contribution >= 4 is 43.4 Å². The third-order valence-corrected chi connectivity index (χ3v) is 5.50. The molecule has 2 heterocycles. The minimum Gasteiger partial charge on any atom is -0.435 e. The second-order valence-corrected chi connectivity index (χ2v) is 7.63. The topological polar surface area (TPSA) is 42.8 Å². The minimum absolute atomic E-state index is 0.350. The highest BCUT2D eigenvalue weighted by Crippen LogP contribution is 2.25. The van der Waals surface area contributed by atoms with E-state index in [9.17, 15) is 0 Å². The van der Waals surface area contributed by atoms with E-state index in [4.69, 9.17) is 14.5 Å². The van der Waals surface area contributed by atoms with E-state index in [2.05, 4.69) is 22.0 Å². The maximum Gasteiger partial charge on any atom is 0.241 e. The molecule has 0 radical (unpaired) electrons. The zero-order valence-corrected chi connectivity index (χ0v) is 15.4. The lowest BCUT2D eigenvalue weighted by Gasteiger charge is -2.16. The Bertz CT molecular complexity index is 1150. The number of benzene rings is 2. The molecule has 1 aliphatic carbocycles. The van der Waals surface area contributed by atoms with Gasteiger partial charge in [0.05, 0.1) is 11.6 Å². The smallest absolute Gasteiger partial charge is 0.241 e. The normalized spacial score (nSPS) is 17.1. The van der Waals surface area contributed by atoms with Gasteiger partial charge in [0, 0.05) is 9.86 Å². The molecule has 25 heavy (non-hydrogen) atoms. The fourth-order valence-electron chi connectivity index (χ4n) is 3.77. The number of aromatic nitrogens is 2. The lowest BCUT2D eigenvalue weighted by Crippen LogP contribution is -2.16. The summed E-state index contributed by atoms with van der Waals surface area (Å²) >= 11 is 3.54. The van der Waals surface area contributed by atoms with Crippen molar-refractivity contribution in [1.29, 1.82) is 0 Å². The molecule has 0 atom stereocenters. The summed E-state index contributed by atoms with van der Waals surface area (Å²) in [5, 5.41) is 5.90. The first-order valence-electron chi connectivity index (χ1n) is 8.83. The molecule has 0 aliphatic heterocycles. The van der Waals surface area contributed by atoms with Crippen molar-refractivity contribution in [3.05, 3.63) is 52.5 Å². The lowest BCUT2D eigenvalue weighted by atomic mass is 9.96. The third-order valence-electron chi connectivity index (χ3n) is 5.01. The highest BCUT2D eigenvalue weighted by Gasteiger charge is 2.16. The predicted octanol–water partition coefficient (Wildman–Crippen LogP) is 5.23. The van der Waals surface area contributed by atoms with Crippen LogP contribution in [0.4, 0.5) is 0 Å². The number of para-hydroxylation sites is 2. The molecule has 0 saturated heterocycles. The van der Waals surface area contributed by atoms with Crippen LogP contribution in [0.5, 0.6) is 0 Å². The van der Waals surface area contributed by atoms with Crippen molar-refractivity contribution in [3.63, 3.8) is 0 Å². The van der Waals surface area contributed by atoms with Gasteiger partial charge >= 0.3 is 0 Å². The Labute approximate surface area is 153 Å². The summed E-state index contributed by atoms with van der Waals surface area (Å²) in [6.45, 7) is 0. The quantitative estimate of drug-likeness (QED) is 0.442. The van der Waals surface area contributed by atoms with Gasteiger partial charge in [0.25, 0.3) is 0 Å². The van der Waals surface area contributed by atoms with Crippen LogP contribution in [0.2, 0.25) is 0 Å². The summed E-state index contributed by atoms with van der Waals surface area (Å²) in [6, 6.07) is 14.5. The van der Waals surface area contributed by atoms with Gasteiger partial charge in [-0.05, 0) is 43.2 Å². The van der Waals surface area contributed by atoms with Gasteiger partial charge in [0.1, 0.15) is 11.0 Å². The van der Waals surface area contributed by atoms with Crippen LogP contribution in [0, 0.1) is 0 Å². The third kappa shape index (κ3) is 2.58. The molecule has 0 spiro atoms. The Hall–Kier alpha value is -2.14. The summed E-state index contributed by atoms with van der Waals surface area (Å²) in [5.74, 6) is 0. The van der Waals surface area contributed by atoms with E-state index in [1.807, 2.05) is 40.9 Å². The molecular weight excluding hydrogens is 378 g/mol. The van der Waals surface area contributed by atoms with Crippen molar-refractivity contribution in [2.75, 3.05) is 0 Å². The maximum absolute atomic E-state index is 6.24. The summed E-state index contributed by atoms with van der Waals surface area (Å²) in [6.07, 6.45) is 6.12. The second kappa shape index (κ2) is 5.99. The molecule has 0 amide bonds. The maximum atomic E-state index is 6.24. The first-order valence-corrected chi connectivity index (χ1v) is 9.62. The first kappa shape index (κ1) is 15.1. The Kier molecular flexibility index (Phi) is 3.63. The van der Waals surface area contributed by atoms with E-state index < -0.39 is 0 Å². The van der Waals surface area contributed by atoms with Crippen LogP contribution >= 0.6 is 15.9 Å². The van der Waals surface area contributed by atoms with E-state index in [1.165, 1.54) is 19.3 Å². The molecule has 1 aliphatic rings. The van der Waals surface area contributed by atoms with Crippen molar-refractivity contribution in [2.24, 2.45) is 4.99 Å². The fourth-order valence-corrected chi connectivity index (χ4v) is 4.12. The summed E-state index contributed by atoms with van der Waals surface area (Å²) < 4.78 is 9.24. The first-order chi connectivity index (χ1) is 12.3. The molecular formula is C20H18BrN3O. The van der Waals surface area contributed by atoms with Crippen LogP contribution in [-0.4, -0.2) is 15.7 Å². The molecule has 5 heteroatoms.